The van der Waals surface area contributed by atoms with E-state index in [1.807, 2.05) is 13.0 Å². The van der Waals surface area contributed by atoms with Gasteiger partial charge < -0.3 is 14.5 Å². The maximum atomic E-state index is 12.2. The first kappa shape index (κ1) is 17.5. The Morgan fingerprint density at radius 1 is 1.23 bits per heavy atom. The van der Waals surface area contributed by atoms with Crippen LogP contribution in [0, 0.1) is 6.92 Å². The fourth-order valence-electron chi connectivity index (χ4n) is 2.39. The number of hydrogen-bond donors (Lipinski definition) is 1. The SMILES string of the molecule is Cc1ccnn1-c1ccc(C(=O)OC(C)C(=O)NCc2ccco2)cc1. The highest BCUT2D eigenvalue weighted by Crippen LogP contribution is 2.13. The lowest BCUT2D eigenvalue weighted by Gasteiger charge is -2.13. The summed E-state index contributed by atoms with van der Waals surface area (Å²) in [6, 6.07) is 12.2. The first-order valence-corrected chi connectivity index (χ1v) is 8.17. The number of aryl methyl sites for hydroxylation is 1. The third-order valence-electron chi connectivity index (χ3n) is 3.85. The number of carbonyl (C=O) groups excluding carboxylic acids is 2. The van der Waals surface area contributed by atoms with Gasteiger partial charge >= 0.3 is 5.97 Å². The molecule has 3 rings (SSSR count). The van der Waals surface area contributed by atoms with Gasteiger partial charge in [-0.25, -0.2) is 9.48 Å². The standard InChI is InChI=1S/C19H19N3O4/c1-13-9-10-21-22(13)16-7-5-15(6-8-16)19(24)26-14(2)18(23)20-12-17-4-3-11-25-17/h3-11,14H,12H2,1-2H3,(H,20,23). The van der Waals surface area contributed by atoms with Crippen LogP contribution in [-0.4, -0.2) is 27.8 Å². The predicted molar refractivity (Wildman–Crippen MR) is 93.7 cm³/mol. The van der Waals surface area contributed by atoms with E-state index < -0.39 is 18.0 Å². The maximum Gasteiger partial charge on any atom is 0.338 e. The number of furan rings is 1. The van der Waals surface area contributed by atoms with E-state index >= 15 is 0 Å². The van der Waals surface area contributed by atoms with Gasteiger partial charge in [0.05, 0.1) is 24.1 Å². The van der Waals surface area contributed by atoms with Gasteiger partial charge in [0, 0.05) is 11.9 Å². The molecule has 0 saturated carbocycles. The van der Waals surface area contributed by atoms with Gasteiger partial charge in [-0.15, -0.1) is 0 Å². The Labute approximate surface area is 150 Å². The molecule has 2 aromatic heterocycles. The Hall–Kier alpha value is -3.35. The number of rotatable bonds is 6. The number of benzene rings is 1. The van der Waals surface area contributed by atoms with Gasteiger partial charge in [0.15, 0.2) is 6.10 Å². The van der Waals surface area contributed by atoms with E-state index in [9.17, 15) is 9.59 Å². The molecule has 1 amide bonds. The fourth-order valence-corrected chi connectivity index (χ4v) is 2.39. The summed E-state index contributed by atoms with van der Waals surface area (Å²) < 4.78 is 12.1. The average molecular weight is 353 g/mol. The lowest BCUT2D eigenvalue weighted by molar-refractivity contribution is -0.129. The number of carbonyl (C=O) groups is 2. The first-order chi connectivity index (χ1) is 12.5. The van der Waals surface area contributed by atoms with E-state index in [1.54, 1.807) is 47.3 Å². The highest BCUT2D eigenvalue weighted by Gasteiger charge is 2.19. The number of nitrogens with zero attached hydrogens (tertiary/aromatic N) is 2. The second kappa shape index (κ2) is 7.69. The van der Waals surface area contributed by atoms with E-state index in [4.69, 9.17) is 9.15 Å². The van der Waals surface area contributed by atoms with Gasteiger partial charge in [-0.2, -0.15) is 5.10 Å². The number of aromatic nitrogens is 2. The molecule has 7 nitrogen and oxygen atoms in total. The van der Waals surface area contributed by atoms with Crippen molar-refractivity contribution in [2.24, 2.45) is 0 Å². The zero-order valence-corrected chi connectivity index (χ0v) is 14.5. The average Bonchev–Trinajstić information content (AvgIpc) is 3.31. The third kappa shape index (κ3) is 4.00. The molecule has 0 saturated heterocycles. The van der Waals surface area contributed by atoms with Crippen LogP contribution < -0.4 is 5.32 Å². The molecule has 0 spiro atoms. The van der Waals surface area contributed by atoms with Crippen LogP contribution in [0.3, 0.4) is 0 Å². The van der Waals surface area contributed by atoms with Gasteiger partial charge in [0.1, 0.15) is 5.76 Å². The van der Waals surface area contributed by atoms with E-state index in [0.717, 1.165) is 11.4 Å². The highest BCUT2D eigenvalue weighted by molar-refractivity contribution is 5.92. The van der Waals surface area contributed by atoms with Crippen LogP contribution in [-0.2, 0) is 16.1 Å². The van der Waals surface area contributed by atoms with Crippen molar-refractivity contribution in [2.75, 3.05) is 0 Å². The molecule has 0 radical (unpaired) electrons. The normalized spacial score (nSPS) is 11.8. The minimum absolute atomic E-state index is 0.242. The summed E-state index contributed by atoms with van der Waals surface area (Å²) in [5.74, 6) is -0.325. The van der Waals surface area contributed by atoms with Crippen molar-refractivity contribution in [3.05, 3.63) is 71.9 Å². The first-order valence-electron chi connectivity index (χ1n) is 8.17. The van der Waals surface area contributed by atoms with Crippen molar-refractivity contribution in [3.8, 4) is 5.69 Å². The fraction of sp³-hybridized carbons (Fsp3) is 0.211. The van der Waals surface area contributed by atoms with Crippen molar-refractivity contribution in [2.45, 2.75) is 26.5 Å². The predicted octanol–water partition coefficient (Wildman–Crippen LogP) is 2.64. The molecule has 0 fully saturated rings. The second-order valence-corrected chi connectivity index (χ2v) is 5.78. The minimum Gasteiger partial charge on any atom is -0.467 e. The molecule has 1 unspecified atom stereocenters. The van der Waals surface area contributed by atoms with Crippen LogP contribution in [0.2, 0.25) is 0 Å². The topological polar surface area (TPSA) is 86.4 Å². The number of nitrogens with one attached hydrogen (secondary N) is 1. The smallest absolute Gasteiger partial charge is 0.338 e. The number of amides is 1. The van der Waals surface area contributed by atoms with Crippen LogP contribution in [0.5, 0.6) is 0 Å². The Morgan fingerprint density at radius 3 is 2.62 bits per heavy atom. The van der Waals surface area contributed by atoms with Crippen molar-refractivity contribution >= 4 is 11.9 Å². The Morgan fingerprint density at radius 2 is 2.00 bits per heavy atom. The van der Waals surface area contributed by atoms with Crippen molar-refractivity contribution in [3.63, 3.8) is 0 Å². The Bertz CT molecular complexity index is 882. The molecular weight excluding hydrogens is 334 g/mol. The zero-order chi connectivity index (χ0) is 18.5. The van der Waals surface area contributed by atoms with E-state index in [1.165, 1.54) is 13.2 Å². The molecule has 0 bridgehead atoms. The van der Waals surface area contributed by atoms with Crippen LogP contribution in [0.1, 0.15) is 28.7 Å². The Balaban J connectivity index is 1.57. The van der Waals surface area contributed by atoms with Gasteiger partial charge in [0.2, 0.25) is 0 Å². The summed E-state index contributed by atoms with van der Waals surface area (Å²) in [6.45, 7) is 3.71. The van der Waals surface area contributed by atoms with E-state index in [-0.39, 0.29) is 6.54 Å². The molecule has 7 heteroatoms. The van der Waals surface area contributed by atoms with Gasteiger partial charge in [0.25, 0.3) is 5.91 Å². The van der Waals surface area contributed by atoms with Gasteiger partial charge in [-0.05, 0) is 56.3 Å². The summed E-state index contributed by atoms with van der Waals surface area (Å²) in [6.07, 6.45) is 2.32. The number of ether oxygens (including phenoxy) is 1. The molecule has 1 atom stereocenters. The zero-order valence-electron chi connectivity index (χ0n) is 14.5. The molecule has 1 N–H and O–H groups in total. The van der Waals surface area contributed by atoms with Crippen molar-refractivity contribution in [1.82, 2.24) is 15.1 Å². The summed E-state index contributed by atoms with van der Waals surface area (Å²) >= 11 is 0. The molecule has 1 aromatic carbocycles. The van der Waals surface area contributed by atoms with Crippen molar-refractivity contribution < 1.29 is 18.7 Å². The van der Waals surface area contributed by atoms with Crippen LogP contribution in [0.15, 0.2) is 59.3 Å². The number of esters is 1. The summed E-state index contributed by atoms with van der Waals surface area (Å²) in [5, 5.41) is 6.87. The molecule has 0 aliphatic rings. The summed E-state index contributed by atoms with van der Waals surface area (Å²) in [4.78, 5) is 24.2. The van der Waals surface area contributed by atoms with Crippen LogP contribution in [0.25, 0.3) is 5.69 Å². The van der Waals surface area contributed by atoms with E-state index in [2.05, 4.69) is 10.4 Å². The molecule has 0 aliphatic heterocycles. The number of hydrogen-bond acceptors (Lipinski definition) is 5. The highest BCUT2D eigenvalue weighted by atomic mass is 16.5. The lowest BCUT2D eigenvalue weighted by atomic mass is 10.2. The molecule has 26 heavy (non-hydrogen) atoms. The quantitative estimate of drug-likeness (QED) is 0.689. The van der Waals surface area contributed by atoms with Crippen molar-refractivity contribution in [1.29, 1.82) is 0 Å². The minimum atomic E-state index is -0.912. The molecule has 3 aromatic rings. The van der Waals surface area contributed by atoms with Crippen LogP contribution in [0.4, 0.5) is 0 Å². The summed E-state index contributed by atoms with van der Waals surface area (Å²) in [5.41, 5.74) is 2.19. The molecule has 134 valence electrons. The molecular formula is C19H19N3O4. The van der Waals surface area contributed by atoms with Gasteiger partial charge in [-0.3, -0.25) is 4.79 Å². The monoisotopic (exact) mass is 353 g/mol. The van der Waals surface area contributed by atoms with E-state index in [0.29, 0.717) is 11.3 Å². The Kier molecular flexibility index (Phi) is 5.17. The molecule has 0 aliphatic carbocycles. The molecule has 2 heterocycles. The maximum absolute atomic E-state index is 12.2. The lowest BCUT2D eigenvalue weighted by Crippen LogP contribution is -2.35. The third-order valence-corrected chi connectivity index (χ3v) is 3.85. The van der Waals surface area contributed by atoms with Crippen LogP contribution >= 0.6 is 0 Å². The van der Waals surface area contributed by atoms with Gasteiger partial charge in [-0.1, -0.05) is 0 Å². The summed E-state index contributed by atoms with van der Waals surface area (Å²) in [7, 11) is 0. The largest absolute Gasteiger partial charge is 0.467 e. The second-order valence-electron chi connectivity index (χ2n) is 5.78.